The fourth-order valence-corrected chi connectivity index (χ4v) is 4.73. The van der Waals surface area contributed by atoms with Crippen molar-refractivity contribution in [3.8, 4) is 22.5 Å². The summed E-state index contributed by atoms with van der Waals surface area (Å²) in [6.45, 7) is 3.87. The van der Waals surface area contributed by atoms with Gasteiger partial charge in [0.1, 0.15) is 5.82 Å². The molecule has 0 aliphatic rings. The lowest BCUT2D eigenvalue weighted by atomic mass is 9.90. The number of aromatic amines is 1. The van der Waals surface area contributed by atoms with Crippen molar-refractivity contribution in [2.75, 3.05) is 7.11 Å². The van der Waals surface area contributed by atoms with Crippen LogP contribution in [0.4, 0.5) is 0 Å². The highest BCUT2D eigenvalue weighted by Gasteiger charge is 2.47. The van der Waals surface area contributed by atoms with Crippen LogP contribution in [0.5, 0.6) is 0 Å². The van der Waals surface area contributed by atoms with Crippen LogP contribution in [0.2, 0.25) is 5.15 Å². The molecular formula is C26H30ClN7O3. The molecule has 2 atom stereocenters. The van der Waals surface area contributed by atoms with E-state index < -0.39 is 17.6 Å². The Hall–Kier alpha value is -3.60. The standard InChI is InChI=1S/C26H30ClN7O3/c1-4-5-10-21-29-23(27)22(26(28,16(2)35)25(36)37-3)34(21)15-17-11-13-18(14-12-17)19-8-6-7-9-20(19)24-30-32-33-31-24/h6-9,11-14,16,35H,4-5,10,15,28H2,1-3H3,(H,30,31,32,33)/t16-,26+/m0/s1. The fraction of sp³-hybridized carbons (Fsp3) is 0.346. The number of imidazole rings is 1. The fourth-order valence-electron chi connectivity index (χ4n) is 4.37. The molecule has 2 aromatic heterocycles. The average molecular weight is 524 g/mol. The third-order valence-corrected chi connectivity index (χ3v) is 6.71. The highest BCUT2D eigenvalue weighted by molar-refractivity contribution is 6.30. The van der Waals surface area contributed by atoms with E-state index in [2.05, 4.69) is 32.5 Å². The van der Waals surface area contributed by atoms with Gasteiger partial charge in [-0.25, -0.2) is 9.78 Å². The van der Waals surface area contributed by atoms with E-state index in [0.717, 1.165) is 35.1 Å². The van der Waals surface area contributed by atoms with Gasteiger partial charge in [0, 0.05) is 18.5 Å². The van der Waals surface area contributed by atoms with Crippen molar-refractivity contribution in [2.45, 2.75) is 51.3 Å². The number of ether oxygens (including phenoxy) is 1. The molecule has 0 aliphatic carbocycles. The molecule has 0 amide bonds. The van der Waals surface area contributed by atoms with E-state index in [4.69, 9.17) is 22.1 Å². The molecule has 0 saturated heterocycles. The Bertz CT molecular complexity index is 1350. The van der Waals surface area contributed by atoms with Crippen molar-refractivity contribution in [1.82, 2.24) is 30.2 Å². The van der Waals surface area contributed by atoms with E-state index in [9.17, 15) is 9.90 Å². The lowest BCUT2D eigenvalue weighted by molar-refractivity contribution is -0.152. The molecule has 0 bridgehead atoms. The first kappa shape index (κ1) is 26.5. The van der Waals surface area contributed by atoms with Gasteiger partial charge in [0.25, 0.3) is 0 Å². The molecule has 2 aromatic carbocycles. The maximum absolute atomic E-state index is 12.8. The summed E-state index contributed by atoms with van der Waals surface area (Å²) < 4.78 is 6.77. The van der Waals surface area contributed by atoms with Crippen molar-refractivity contribution in [2.24, 2.45) is 5.73 Å². The number of aryl methyl sites for hydroxylation is 1. The number of methoxy groups -OCH3 is 1. The van der Waals surface area contributed by atoms with Crippen LogP contribution >= 0.6 is 11.6 Å². The van der Waals surface area contributed by atoms with Crippen LogP contribution in [0.1, 0.15) is 43.8 Å². The second-order valence-corrected chi connectivity index (χ2v) is 9.23. The average Bonchev–Trinajstić information content (AvgIpc) is 3.55. The maximum atomic E-state index is 12.8. The van der Waals surface area contributed by atoms with Crippen molar-refractivity contribution >= 4 is 17.6 Å². The Kier molecular flexibility index (Phi) is 8.01. The van der Waals surface area contributed by atoms with Gasteiger partial charge in [-0.2, -0.15) is 5.21 Å². The molecule has 0 unspecified atom stereocenters. The third kappa shape index (κ3) is 5.13. The van der Waals surface area contributed by atoms with Crippen LogP contribution in [0.3, 0.4) is 0 Å². The van der Waals surface area contributed by atoms with E-state index >= 15 is 0 Å². The van der Waals surface area contributed by atoms with Crippen LogP contribution in [0.25, 0.3) is 22.5 Å². The molecule has 4 N–H and O–H groups in total. The SMILES string of the molecule is CCCCc1nc(Cl)c([C@@](N)(C(=O)OC)[C@H](C)O)n1Cc1ccc(-c2ccccc2-c2nn[nH]n2)cc1. The van der Waals surface area contributed by atoms with Crippen LogP contribution in [-0.2, 0) is 28.0 Å². The summed E-state index contributed by atoms with van der Waals surface area (Å²) in [4.78, 5) is 17.3. The normalized spacial score (nSPS) is 13.8. The number of esters is 1. The lowest BCUT2D eigenvalue weighted by Crippen LogP contribution is -2.55. The first-order valence-corrected chi connectivity index (χ1v) is 12.4. The number of H-pyrrole nitrogens is 1. The third-order valence-electron chi connectivity index (χ3n) is 6.45. The molecule has 194 valence electrons. The number of rotatable bonds is 10. The number of nitrogens with one attached hydrogen (secondary N) is 1. The van der Waals surface area contributed by atoms with Crippen LogP contribution in [0.15, 0.2) is 48.5 Å². The molecule has 4 aromatic rings. The Morgan fingerprint density at radius 3 is 2.51 bits per heavy atom. The zero-order chi connectivity index (χ0) is 26.6. The molecule has 37 heavy (non-hydrogen) atoms. The van der Waals surface area contributed by atoms with Crippen LogP contribution in [0, 0.1) is 0 Å². The summed E-state index contributed by atoms with van der Waals surface area (Å²) in [6.07, 6.45) is 1.21. The first-order chi connectivity index (χ1) is 17.8. The van der Waals surface area contributed by atoms with Gasteiger partial charge in [0.2, 0.25) is 5.82 Å². The van der Waals surface area contributed by atoms with Gasteiger partial charge in [-0.3, -0.25) is 0 Å². The predicted octanol–water partition coefficient (Wildman–Crippen LogP) is 3.48. The number of aliphatic hydroxyl groups is 1. The molecule has 10 nitrogen and oxygen atoms in total. The van der Waals surface area contributed by atoms with Gasteiger partial charge in [0.15, 0.2) is 10.7 Å². The molecule has 0 spiro atoms. The van der Waals surface area contributed by atoms with Crippen LogP contribution < -0.4 is 5.73 Å². The number of aromatic nitrogens is 6. The van der Waals surface area contributed by atoms with E-state index in [1.165, 1.54) is 14.0 Å². The largest absolute Gasteiger partial charge is 0.467 e. The summed E-state index contributed by atoms with van der Waals surface area (Å²) in [5.41, 5.74) is 8.57. The zero-order valence-electron chi connectivity index (χ0n) is 21.0. The van der Waals surface area contributed by atoms with Crippen LogP contribution in [-0.4, -0.2) is 54.5 Å². The number of halogens is 1. The number of nitrogens with zero attached hydrogens (tertiary/aromatic N) is 5. The molecule has 11 heteroatoms. The number of unbranched alkanes of at least 4 members (excludes halogenated alkanes) is 1. The summed E-state index contributed by atoms with van der Waals surface area (Å²) in [5, 5.41) is 25.0. The van der Waals surface area contributed by atoms with Gasteiger partial charge in [0.05, 0.1) is 18.9 Å². The second-order valence-electron chi connectivity index (χ2n) is 8.87. The number of aliphatic hydroxyl groups excluding tert-OH is 1. The molecule has 0 saturated carbocycles. The zero-order valence-corrected chi connectivity index (χ0v) is 21.7. The number of carbonyl (C=O) groups excluding carboxylic acids is 1. The molecule has 0 radical (unpaired) electrons. The highest BCUT2D eigenvalue weighted by atomic mass is 35.5. The maximum Gasteiger partial charge on any atom is 0.334 e. The number of tetrazole rings is 1. The number of hydrogen-bond donors (Lipinski definition) is 3. The number of nitrogens with two attached hydrogens (primary N) is 1. The van der Waals surface area contributed by atoms with E-state index in [-0.39, 0.29) is 10.8 Å². The Labute approximate surface area is 219 Å². The lowest BCUT2D eigenvalue weighted by Gasteiger charge is -2.31. The molecule has 2 heterocycles. The summed E-state index contributed by atoms with van der Waals surface area (Å²) in [5.74, 6) is 0.409. The minimum absolute atomic E-state index is 0.0746. The summed E-state index contributed by atoms with van der Waals surface area (Å²) in [6, 6.07) is 15.8. The number of carbonyl (C=O) groups is 1. The Morgan fingerprint density at radius 1 is 1.22 bits per heavy atom. The number of hydrogen-bond acceptors (Lipinski definition) is 8. The first-order valence-electron chi connectivity index (χ1n) is 12.0. The van der Waals surface area contributed by atoms with E-state index in [1.54, 1.807) is 0 Å². The van der Waals surface area contributed by atoms with Gasteiger partial charge in [-0.1, -0.05) is 73.5 Å². The quantitative estimate of drug-likeness (QED) is 0.268. The Balaban J connectivity index is 1.74. The van der Waals surface area contributed by atoms with Gasteiger partial charge in [-0.05, 0) is 35.2 Å². The van der Waals surface area contributed by atoms with Crippen molar-refractivity contribution in [3.05, 3.63) is 70.8 Å². The van der Waals surface area contributed by atoms with Gasteiger partial charge in [-0.15, -0.1) is 10.2 Å². The van der Waals surface area contributed by atoms with Crippen molar-refractivity contribution < 1.29 is 14.6 Å². The van der Waals surface area contributed by atoms with Gasteiger partial charge < -0.3 is 20.1 Å². The topological polar surface area (TPSA) is 145 Å². The molecular weight excluding hydrogens is 494 g/mol. The molecule has 0 aliphatic heterocycles. The highest BCUT2D eigenvalue weighted by Crippen LogP contribution is 2.34. The predicted molar refractivity (Wildman–Crippen MR) is 140 cm³/mol. The van der Waals surface area contributed by atoms with E-state index in [1.807, 2.05) is 53.1 Å². The minimum atomic E-state index is -1.88. The smallest absolute Gasteiger partial charge is 0.334 e. The van der Waals surface area contributed by atoms with Gasteiger partial charge >= 0.3 is 5.97 Å². The Morgan fingerprint density at radius 2 is 1.92 bits per heavy atom. The second kappa shape index (κ2) is 11.2. The monoisotopic (exact) mass is 523 g/mol. The summed E-state index contributed by atoms with van der Waals surface area (Å²) in [7, 11) is 1.23. The molecule has 4 rings (SSSR count). The van der Waals surface area contributed by atoms with E-state index in [0.29, 0.717) is 24.6 Å². The minimum Gasteiger partial charge on any atom is -0.467 e. The molecule has 0 fully saturated rings. The number of benzene rings is 2. The van der Waals surface area contributed by atoms with Crippen molar-refractivity contribution in [1.29, 1.82) is 0 Å². The summed E-state index contributed by atoms with van der Waals surface area (Å²) >= 11 is 6.55. The van der Waals surface area contributed by atoms with Crippen molar-refractivity contribution in [3.63, 3.8) is 0 Å².